The molecule has 0 saturated heterocycles. The summed E-state index contributed by atoms with van der Waals surface area (Å²) < 4.78 is 5.16. The zero-order valence-corrected chi connectivity index (χ0v) is 9.56. The number of rotatable bonds is 5. The molecule has 1 N–H and O–H groups in total. The molecule has 16 heavy (non-hydrogen) atoms. The van der Waals surface area contributed by atoms with Gasteiger partial charge >= 0.3 is 5.97 Å². The average molecular weight is 220 g/mol. The third-order valence-electron chi connectivity index (χ3n) is 2.25. The first-order valence-corrected chi connectivity index (χ1v) is 5.16. The predicted octanol–water partition coefficient (Wildman–Crippen LogP) is 2.88. The van der Waals surface area contributed by atoms with Crippen molar-refractivity contribution in [2.24, 2.45) is 0 Å². The van der Waals surface area contributed by atoms with E-state index in [0.29, 0.717) is 6.42 Å². The van der Waals surface area contributed by atoms with Gasteiger partial charge in [-0.05, 0) is 36.6 Å². The standard InChI is InChI=1S/C13H16O3/c1-10-9-11(7-8-12(10)16-2)5-3-4-6-13(14)15/h3,5,7-9H,4,6H2,1-2H3,(H,14,15)/b5-3+. The highest BCUT2D eigenvalue weighted by molar-refractivity contribution is 5.67. The lowest BCUT2D eigenvalue weighted by atomic mass is 10.1. The predicted molar refractivity (Wildman–Crippen MR) is 63.6 cm³/mol. The van der Waals surface area contributed by atoms with Crippen LogP contribution >= 0.6 is 0 Å². The van der Waals surface area contributed by atoms with E-state index in [2.05, 4.69) is 0 Å². The Kier molecular flexibility index (Phi) is 4.58. The average Bonchev–Trinajstić information content (AvgIpc) is 2.24. The summed E-state index contributed by atoms with van der Waals surface area (Å²) in [6.07, 6.45) is 4.52. The summed E-state index contributed by atoms with van der Waals surface area (Å²) >= 11 is 0. The second-order valence-corrected chi connectivity index (χ2v) is 3.56. The van der Waals surface area contributed by atoms with Crippen molar-refractivity contribution in [3.8, 4) is 5.75 Å². The molecule has 0 fully saturated rings. The van der Waals surface area contributed by atoms with Gasteiger partial charge in [0.1, 0.15) is 5.75 Å². The number of aryl methyl sites for hydroxylation is 1. The molecule has 0 aliphatic carbocycles. The van der Waals surface area contributed by atoms with Crippen molar-refractivity contribution in [2.75, 3.05) is 7.11 Å². The normalized spacial score (nSPS) is 10.6. The highest BCUT2D eigenvalue weighted by Crippen LogP contribution is 2.19. The minimum absolute atomic E-state index is 0.172. The molecule has 1 aromatic carbocycles. The Morgan fingerprint density at radius 2 is 2.25 bits per heavy atom. The van der Waals surface area contributed by atoms with E-state index in [-0.39, 0.29) is 6.42 Å². The smallest absolute Gasteiger partial charge is 0.303 e. The first-order chi connectivity index (χ1) is 7.63. The number of aliphatic carboxylic acids is 1. The lowest BCUT2D eigenvalue weighted by Gasteiger charge is -2.04. The van der Waals surface area contributed by atoms with Gasteiger partial charge in [0.05, 0.1) is 7.11 Å². The number of benzene rings is 1. The topological polar surface area (TPSA) is 46.5 Å². The molecule has 0 spiro atoms. The highest BCUT2D eigenvalue weighted by Gasteiger charge is 1.97. The molecular weight excluding hydrogens is 204 g/mol. The molecule has 0 aliphatic heterocycles. The molecule has 0 bridgehead atoms. The maximum Gasteiger partial charge on any atom is 0.303 e. The lowest BCUT2D eigenvalue weighted by molar-refractivity contribution is -0.136. The van der Waals surface area contributed by atoms with Crippen molar-refractivity contribution in [1.29, 1.82) is 0 Å². The molecule has 3 nitrogen and oxygen atoms in total. The molecular formula is C13H16O3. The molecule has 0 radical (unpaired) electrons. The molecule has 0 aromatic heterocycles. The monoisotopic (exact) mass is 220 g/mol. The summed E-state index contributed by atoms with van der Waals surface area (Å²) in [6, 6.07) is 5.87. The number of hydrogen-bond acceptors (Lipinski definition) is 2. The molecule has 1 aromatic rings. The van der Waals surface area contributed by atoms with Gasteiger partial charge in [-0.2, -0.15) is 0 Å². The molecule has 0 aliphatic rings. The van der Waals surface area contributed by atoms with Crippen LogP contribution in [0.15, 0.2) is 24.3 Å². The van der Waals surface area contributed by atoms with Crippen LogP contribution in [0.5, 0.6) is 5.75 Å². The highest BCUT2D eigenvalue weighted by atomic mass is 16.5. The Morgan fingerprint density at radius 3 is 2.81 bits per heavy atom. The Bertz CT molecular complexity index is 394. The van der Waals surface area contributed by atoms with Gasteiger partial charge in [0.15, 0.2) is 0 Å². The van der Waals surface area contributed by atoms with Crippen molar-refractivity contribution < 1.29 is 14.6 Å². The minimum Gasteiger partial charge on any atom is -0.496 e. The minimum atomic E-state index is -0.768. The van der Waals surface area contributed by atoms with E-state index in [1.54, 1.807) is 7.11 Å². The van der Waals surface area contributed by atoms with E-state index in [1.807, 2.05) is 37.3 Å². The third-order valence-corrected chi connectivity index (χ3v) is 2.25. The molecule has 0 unspecified atom stereocenters. The number of carboxylic acid groups (broad SMARTS) is 1. The van der Waals surface area contributed by atoms with Crippen LogP contribution in [-0.2, 0) is 4.79 Å². The van der Waals surface area contributed by atoms with Gasteiger partial charge in [-0.25, -0.2) is 0 Å². The Balaban J connectivity index is 2.61. The van der Waals surface area contributed by atoms with Crippen LogP contribution in [-0.4, -0.2) is 18.2 Å². The van der Waals surface area contributed by atoms with Crippen molar-refractivity contribution in [3.05, 3.63) is 35.4 Å². The number of carboxylic acids is 1. The van der Waals surface area contributed by atoms with Gasteiger partial charge in [0, 0.05) is 6.42 Å². The van der Waals surface area contributed by atoms with Gasteiger partial charge in [-0.15, -0.1) is 0 Å². The molecule has 0 amide bonds. The van der Waals surface area contributed by atoms with Crippen LogP contribution in [0.25, 0.3) is 6.08 Å². The summed E-state index contributed by atoms with van der Waals surface area (Å²) in [4.78, 5) is 10.3. The van der Waals surface area contributed by atoms with Crippen molar-refractivity contribution >= 4 is 12.0 Å². The van der Waals surface area contributed by atoms with Crippen LogP contribution in [0.3, 0.4) is 0 Å². The van der Waals surface area contributed by atoms with E-state index < -0.39 is 5.97 Å². The number of methoxy groups -OCH3 is 1. The van der Waals surface area contributed by atoms with Crippen LogP contribution < -0.4 is 4.74 Å². The summed E-state index contributed by atoms with van der Waals surface area (Å²) in [5.41, 5.74) is 2.13. The summed E-state index contributed by atoms with van der Waals surface area (Å²) in [5, 5.41) is 8.47. The molecule has 0 atom stereocenters. The van der Waals surface area contributed by atoms with Crippen LogP contribution in [0, 0.1) is 6.92 Å². The summed E-state index contributed by atoms with van der Waals surface area (Å²) in [5.74, 6) is 0.0956. The van der Waals surface area contributed by atoms with E-state index in [4.69, 9.17) is 9.84 Å². The fourth-order valence-corrected chi connectivity index (χ4v) is 1.43. The van der Waals surface area contributed by atoms with E-state index in [1.165, 1.54) is 0 Å². The first-order valence-electron chi connectivity index (χ1n) is 5.16. The Labute approximate surface area is 95.4 Å². The lowest BCUT2D eigenvalue weighted by Crippen LogP contribution is -1.91. The van der Waals surface area contributed by atoms with Crippen molar-refractivity contribution in [1.82, 2.24) is 0 Å². The quantitative estimate of drug-likeness (QED) is 0.829. The van der Waals surface area contributed by atoms with Gasteiger partial charge < -0.3 is 9.84 Å². The number of carbonyl (C=O) groups is 1. The van der Waals surface area contributed by atoms with Gasteiger partial charge in [0.25, 0.3) is 0 Å². The van der Waals surface area contributed by atoms with E-state index >= 15 is 0 Å². The Morgan fingerprint density at radius 1 is 1.50 bits per heavy atom. The molecule has 86 valence electrons. The number of ether oxygens (including phenoxy) is 1. The molecule has 0 heterocycles. The van der Waals surface area contributed by atoms with Gasteiger partial charge in [-0.1, -0.05) is 18.2 Å². The Hall–Kier alpha value is -1.77. The molecule has 1 rings (SSSR count). The first kappa shape index (κ1) is 12.3. The summed E-state index contributed by atoms with van der Waals surface area (Å²) in [7, 11) is 1.64. The van der Waals surface area contributed by atoms with Crippen LogP contribution in [0.2, 0.25) is 0 Å². The summed E-state index contributed by atoms with van der Waals surface area (Å²) in [6.45, 7) is 1.98. The van der Waals surface area contributed by atoms with Gasteiger partial charge in [0.2, 0.25) is 0 Å². The van der Waals surface area contributed by atoms with Crippen molar-refractivity contribution in [2.45, 2.75) is 19.8 Å². The van der Waals surface area contributed by atoms with E-state index in [9.17, 15) is 4.79 Å². The molecule has 3 heteroatoms. The molecule has 0 saturated carbocycles. The second kappa shape index (κ2) is 5.95. The zero-order chi connectivity index (χ0) is 12.0. The van der Waals surface area contributed by atoms with Crippen molar-refractivity contribution in [3.63, 3.8) is 0 Å². The maximum atomic E-state index is 10.3. The van der Waals surface area contributed by atoms with Crippen LogP contribution in [0.1, 0.15) is 24.0 Å². The van der Waals surface area contributed by atoms with Gasteiger partial charge in [-0.3, -0.25) is 4.79 Å². The zero-order valence-electron chi connectivity index (χ0n) is 9.56. The van der Waals surface area contributed by atoms with Crippen LogP contribution in [0.4, 0.5) is 0 Å². The second-order valence-electron chi connectivity index (χ2n) is 3.56. The SMILES string of the molecule is COc1ccc(/C=C/CCC(=O)O)cc1C. The number of allylic oxidation sites excluding steroid dienone is 1. The van der Waals surface area contributed by atoms with E-state index in [0.717, 1.165) is 16.9 Å². The fourth-order valence-electron chi connectivity index (χ4n) is 1.43. The fraction of sp³-hybridized carbons (Fsp3) is 0.308. The third kappa shape index (κ3) is 3.77. The maximum absolute atomic E-state index is 10.3. The largest absolute Gasteiger partial charge is 0.496 e. The number of hydrogen-bond donors (Lipinski definition) is 1.